The first kappa shape index (κ1) is 18.1. The molecule has 0 fully saturated rings. The second kappa shape index (κ2) is 7.76. The quantitative estimate of drug-likeness (QED) is 0.501. The third-order valence-electron chi connectivity index (χ3n) is 5.14. The van der Waals surface area contributed by atoms with Crippen LogP contribution in [0.3, 0.4) is 0 Å². The third-order valence-corrected chi connectivity index (χ3v) is 5.14. The molecule has 2 aromatic heterocycles. The number of nitrogens with zero attached hydrogens (tertiary/aromatic N) is 3. The maximum absolute atomic E-state index is 12.5. The van der Waals surface area contributed by atoms with Gasteiger partial charge in [-0.1, -0.05) is 30.3 Å². The first-order valence-corrected chi connectivity index (χ1v) is 9.52. The molecule has 0 radical (unpaired) electrons. The van der Waals surface area contributed by atoms with Crippen molar-refractivity contribution in [1.82, 2.24) is 19.8 Å². The summed E-state index contributed by atoms with van der Waals surface area (Å²) in [5, 5.41) is 4.04. The molecular weight excluding hydrogens is 352 g/mol. The molecule has 2 amide bonds. The number of furan rings is 1. The van der Waals surface area contributed by atoms with Gasteiger partial charge in [-0.25, -0.2) is 9.78 Å². The van der Waals surface area contributed by atoms with Gasteiger partial charge >= 0.3 is 6.03 Å². The van der Waals surface area contributed by atoms with Crippen LogP contribution in [0.25, 0.3) is 22.0 Å². The summed E-state index contributed by atoms with van der Waals surface area (Å²) in [6, 6.07) is 17.7. The highest BCUT2D eigenvalue weighted by atomic mass is 16.3. The highest BCUT2D eigenvalue weighted by Gasteiger charge is 2.20. The molecule has 0 spiro atoms. The van der Waals surface area contributed by atoms with Crippen LogP contribution >= 0.6 is 0 Å². The summed E-state index contributed by atoms with van der Waals surface area (Å²) in [6.07, 6.45) is 2.68. The maximum atomic E-state index is 12.5. The Kier molecular flexibility index (Phi) is 5.02. The van der Waals surface area contributed by atoms with E-state index in [0.29, 0.717) is 6.54 Å². The van der Waals surface area contributed by atoms with E-state index in [1.165, 1.54) is 0 Å². The predicted molar refractivity (Wildman–Crippen MR) is 110 cm³/mol. The maximum Gasteiger partial charge on any atom is 0.317 e. The number of nitrogens with one attached hydrogen (secondary N) is 1. The van der Waals surface area contributed by atoms with Crippen LogP contribution in [0.4, 0.5) is 4.79 Å². The van der Waals surface area contributed by atoms with E-state index in [1.54, 1.807) is 11.9 Å². The van der Waals surface area contributed by atoms with E-state index in [1.807, 2.05) is 61.8 Å². The highest BCUT2D eigenvalue weighted by Crippen LogP contribution is 2.26. The predicted octanol–water partition coefficient (Wildman–Crippen LogP) is 4.58. The van der Waals surface area contributed by atoms with Gasteiger partial charge in [0.25, 0.3) is 0 Å². The van der Waals surface area contributed by atoms with Crippen molar-refractivity contribution in [3.63, 3.8) is 0 Å². The molecule has 4 aromatic rings. The summed E-state index contributed by atoms with van der Waals surface area (Å²) in [7, 11) is 1.79. The Morgan fingerprint density at radius 3 is 2.86 bits per heavy atom. The summed E-state index contributed by atoms with van der Waals surface area (Å²) in [5.74, 6) is 0.781. The SMILES string of the molecule is CC(c1cc2ccccc2o1)N(C)C(=O)NCCCn1cnc2ccccc21. The summed E-state index contributed by atoms with van der Waals surface area (Å²) < 4.78 is 8.00. The summed E-state index contributed by atoms with van der Waals surface area (Å²) in [4.78, 5) is 18.6. The van der Waals surface area contributed by atoms with Gasteiger partial charge in [-0.2, -0.15) is 0 Å². The normalized spacial score (nSPS) is 12.4. The monoisotopic (exact) mass is 376 g/mol. The fourth-order valence-electron chi connectivity index (χ4n) is 3.33. The largest absolute Gasteiger partial charge is 0.459 e. The number of aryl methyl sites for hydroxylation is 1. The second-order valence-corrected chi connectivity index (χ2v) is 6.99. The van der Waals surface area contributed by atoms with E-state index < -0.39 is 0 Å². The van der Waals surface area contributed by atoms with Crippen LogP contribution in [0.15, 0.2) is 65.3 Å². The van der Waals surface area contributed by atoms with Gasteiger partial charge in [0.15, 0.2) is 0 Å². The Labute approximate surface area is 163 Å². The Morgan fingerprint density at radius 1 is 1.21 bits per heavy atom. The van der Waals surface area contributed by atoms with Crippen LogP contribution in [0.1, 0.15) is 25.1 Å². The van der Waals surface area contributed by atoms with Crippen molar-refractivity contribution in [3.8, 4) is 0 Å². The fraction of sp³-hybridized carbons (Fsp3) is 0.273. The Balaban J connectivity index is 1.30. The number of urea groups is 1. The summed E-state index contributed by atoms with van der Waals surface area (Å²) in [6.45, 7) is 3.38. The molecule has 1 atom stereocenters. The van der Waals surface area contributed by atoms with Crippen LogP contribution in [0.5, 0.6) is 0 Å². The van der Waals surface area contributed by atoms with Gasteiger partial charge in [-0.05, 0) is 37.6 Å². The molecule has 0 aliphatic carbocycles. The first-order valence-electron chi connectivity index (χ1n) is 9.52. The third kappa shape index (κ3) is 3.58. The van der Waals surface area contributed by atoms with Crippen LogP contribution in [-0.2, 0) is 6.54 Å². The minimum Gasteiger partial charge on any atom is -0.459 e. The molecule has 6 nitrogen and oxygen atoms in total. The molecule has 1 unspecified atom stereocenters. The van der Waals surface area contributed by atoms with E-state index in [-0.39, 0.29) is 12.1 Å². The molecule has 0 aliphatic rings. The number of carbonyl (C=O) groups excluding carboxylic acids is 1. The number of para-hydroxylation sites is 3. The van der Waals surface area contributed by atoms with Crippen LogP contribution in [-0.4, -0.2) is 34.1 Å². The number of hydrogen-bond donors (Lipinski definition) is 1. The zero-order valence-electron chi connectivity index (χ0n) is 16.1. The number of rotatable bonds is 6. The van der Waals surface area contributed by atoms with Crippen LogP contribution in [0, 0.1) is 0 Å². The lowest BCUT2D eigenvalue weighted by molar-refractivity contribution is 0.188. The standard InChI is InChI=1S/C22H24N4O2/c1-16(21-14-17-8-3-6-11-20(17)28-21)25(2)22(27)23-12-7-13-26-15-24-18-9-4-5-10-19(18)26/h3-6,8-11,14-16H,7,12-13H2,1-2H3,(H,23,27). The van der Waals surface area contributed by atoms with Crippen LogP contribution < -0.4 is 5.32 Å². The van der Waals surface area contributed by atoms with Crippen molar-refractivity contribution in [3.05, 3.63) is 66.7 Å². The zero-order chi connectivity index (χ0) is 19.5. The smallest absolute Gasteiger partial charge is 0.317 e. The van der Waals surface area contributed by atoms with Gasteiger partial charge in [-0.15, -0.1) is 0 Å². The number of aromatic nitrogens is 2. The van der Waals surface area contributed by atoms with E-state index >= 15 is 0 Å². The Bertz CT molecular complexity index is 1070. The number of carbonyl (C=O) groups is 1. The average molecular weight is 376 g/mol. The topological polar surface area (TPSA) is 63.3 Å². The molecular formula is C22H24N4O2. The average Bonchev–Trinajstić information content (AvgIpc) is 3.34. The number of imidazole rings is 1. The molecule has 1 N–H and O–H groups in total. The molecule has 4 rings (SSSR count). The summed E-state index contributed by atoms with van der Waals surface area (Å²) >= 11 is 0. The van der Waals surface area contributed by atoms with E-state index in [2.05, 4.69) is 20.9 Å². The molecule has 6 heteroatoms. The van der Waals surface area contributed by atoms with E-state index in [0.717, 1.165) is 40.7 Å². The Hall–Kier alpha value is -3.28. The zero-order valence-corrected chi connectivity index (χ0v) is 16.1. The molecule has 0 aliphatic heterocycles. The number of hydrogen-bond acceptors (Lipinski definition) is 3. The molecule has 2 heterocycles. The molecule has 0 bridgehead atoms. The first-order chi connectivity index (χ1) is 13.6. The molecule has 144 valence electrons. The van der Waals surface area contributed by atoms with Crippen molar-refractivity contribution in [2.24, 2.45) is 0 Å². The van der Waals surface area contributed by atoms with Crippen molar-refractivity contribution >= 4 is 28.0 Å². The van der Waals surface area contributed by atoms with E-state index in [4.69, 9.17) is 4.42 Å². The highest BCUT2D eigenvalue weighted by molar-refractivity contribution is 5.78. The molecule has 0 saturated heterocycles. The van der Waals surface area contributed by atoms with Crippen molar-refractivity contribution in [2.45, 2.75) is 25.9 Å². The second-order valence-electron chi connectivity index (χ2n) is 6.99. The number of benzene rings is 2. The van der Waals surface area contributed by atoms with E-state index in [9.17, 15) is 4.79 Å². The minimum absolute atomic E-state index is 0.108. The summed E-state index contributed by atoms with van der Waals surface area (Å²) in [5.41, 5.74) is 2.95. The van der Waals surface area contributed by atoms with Crippen molar-refractivity contribution in [1.29, 1.82) is 0 Å². The van der Waals surface area contributed by atoms with Gasteiger partial charge in [-0.3, -0.25) is 0 Å². The minimum atomic E-state index is -0.148. The molecule has 28 heavy (non-hydrogen) atoms. The van der Waals surface area contributed by atoms with Gasteiger partial charge in [0, 0.05) is 25.5 Å². The molecule has 2 aromatic carbocycles. The van der Waals surface area contributed by atoms with Gasteiger partial charge in [0.05, 0.1) is 23.4 Å². The lowest BCUT2D eigenvalue weighted by atomic mass is 10.2. The van der Waals surface area contributed by atoms with Crippen molar-refractivity contribution < 1.29 is 9.21 Å². The number of fused-ring (bicyclic) bond motifs is 2. The fourth-order valence-corrected chi connectivity index (χ4v) is 3.33. The van der Waals surface area contributed by atoms with Gasteiger partial charge in [0.1, 0.15) is 11.3 Å². The van der Waals surface area contributed by atoms with Crippen molar-refractivity contribution in [2.75, 3.05) is 13.6 Å². The number of amides is 2. The molecule has 0 saturated carbocycles. The lowest BCUT2D eigenvalue weighted by Crippen LogP contribution is -2.39. The van der Waals surface area contributed by atoms with Crippen LogP contribution in [0.2, 0.25) is 0 Å². The Morgan fingerprint density at radius 2 is 2.00 bits per heavy atom. The van der Waals surface area contributed by atoms with Gasteiger partial charge < -0.3 is 19.2 Å². The van der Waals surface area contributed by atoms with Gasteiger partial charge in [0.2, 0.25) is 0 Å². The lowest BCUT2D eigenvalue weighted by Gasteiger charge is -2.23.